The molecule has 0 spiro atoms. The van der Waals surface area contributed by atoms with Crippen LogP contribution in [0.15, 0.2) is 48.5 Å². The average Bonchev–Trinajstić information content (AvgIpc) is 3.30. The first kappa shape index (κ1) is 54.3. The van der Waals surface area contributed by atoms with Gasteiger partial charge in [-0.3, -0.25) is 14.4 Å². The zero-order valence-electron chi connectivity index (χ0n) is 37.5. The minimum Gasteiger partial charge on any atom is -0.463 e. The lowest BCUT2D eigenvalue weighted by molar-refractivity contribution is -0.328. The standard InChI is InChI=1S/C44H60O24/c1-20(2)13-44(68-42-38(57)39(62-22(4)48)33(52)29(67-42)19-59-21(3)47,43(58)61-18-24-7-11-26(12-8-24)64-41-37(56)35(54)32(51)28(16-46)66-41)14-30(49)60-17-23-5-9-25(10-6-23)63-40-36(55)34(53)31(50)27(15-45)65-40/h5-12,20,27-29,31-42,45-46,50-57H,13-19H2,1-4H3/t27-,28-,29-,31-,32-,33-,34+,35+,36-,37-,38-,39+,40-,41-,42+,44-/m1/s1. The monoisotopic (exact) mass is 972 g/mol. The molecule has 380 valence electrons. The molecule has 0 amide bonds. The molecule has 3 saturated heterocycles. The van der Waals surface area contributed by atoms with Gasteiger partial charge in [-0.2, -0.15) is 0 Å². The summed E-state index contributed by atoms with van der Waals surface area (Å²) in [5.41, 5.74) is -1.58. The molecule has 2 aromatic rings. The Morgan fingerprint density at radius 1 is 0.574 bits per heavy atom. The van der Waals surface area contributed by atoms with Crippen molar-refractivity contribution in [2.45, 2.75) is 151 Å². The van der Waals surface area contributed by atoms with E-state index in [9.17, 15) is 70.2 Å². The molecular formula is C44H60O24. The Morgan fingerprint density at radius 3 is 1.49 bits per heavy atom. The maximum absolute atomic E-state index is 14.5. The second kappa shape index (κ2) is 24.3. The van der Waals surface area contributed by atoms with Crippen molar-refractivity contribution >= 4 is 23.9 Å². The quantitative estimate of drug-likeness (QED) is 0.0466. The Bertz CT molecular complexity index is 1950. The highest BCUT2D eigenvalue weighted by Gasteiger charge is 2.54. The summed E-state index contributed by atoms with van der Waals surface area (Å²) >= 11 is 0. The molecule has 0 aliphatic carbocycles. The van der Waals surface area contributed by atoms with Crippen LogP contribution in [0.5, 0.6) is 11.5 Å². The number of rotatable bonds is 20. The third kappa shape index (κ3) is 13.8. The Kier molecular flexibility index (Phi) is 19.4. The van der Waals surface area contributed by atoms with Crippen LogP contribution in [0.2, 0.25) is 0 Å². The number of hydrogen-bond acceptors (Lipinski definition) is 24. The van der Waals surface area contributed by atoms with Gasteiger partial charge in [0.15, 0.2) is 18.0 Å². The highest BCUT2D eigenvalue weighted by Crippen LogP contribution is 2.35. The van der Waals surface area contributed by atoms with Crippen LogP contribution in [0.1, 0.15) is 51.7 Å². The van der Waals surface area contributed by atoms with E-state index >= 15 is 0 Å². The van der Waals surface area contributed by atoms with Crippen molar-refractivity contribution in [2.75, 3.05) is 19.8 Å². The number of hydrogen-bond donors (Lipinski definition) is 10. The van der Waals surface area contributed by atoms with Gasteiger partial charge in [-0.05, 0) is 47.7 Å². The minimum absolute atomic E-state index is 0.108. The van der Waals surface area contributed by atoms with Crippen molar-refractivity contribution in [3.05, 3.63) is 59.7 Å². The molecule has 3 aliphatic heterocycles. The summed E-state index contributed by atoms with van der Waals surface area (Å²) < 4.78 is 55.6. The number of carbonyl (C=O) groups is 4. The van der Waals surface area contributed by atoms with Crippen LogP contribution in [0, 0.1) is 5.92 Å². The normalized spacial score (nSPS) is 32.6. The lowest BCUT2D eigenvalue weighted by Crippen LogP contribution is -2.63. The molecule has 0 aromatic heterocycles. The van der Waals surface area contributed by atoms with Crippen LogP contribution in [0.3, 0.4) is 0 Å². The highest BCUT2D eigenvalue weighted by atomic mass is 16.7. The van der Waals surface area contributed by atoms with Crippen LogP contribution in [-0.2, 0) is 70.3 Å². The lowest BCUT2D eigenvalue weighted by atomic mass is 9.88. The van der Waals surface area contributed by atoms with Gasteiger partial charge in [0.25, 0.3) is 0 Å². The molecule has 2 aromatic carbocycles. The van der Waals surface area contributed by atoms with Gasteiger partial charge in [0, 0.05) is 13.8 Å². The summed E-state index contributed by atoms with van der Waals surface area (Å²) in [5.74, 6) is -4.07. The van der Waals surface area contributed by atoms with Crippen molar-refractivity contribution in [3.63, 3.8) is 0 Å². The Morgan fingerprint density at radius 2 is 1.04 bits per heavy atom. The molecule has 3 heterocycles. The smallest absolute Gasteiger partial charge is 0.339 e. The van der Waals surface area contributed by atoms with Crippen molar-refractivity contribution < 1.29 is 118 Å². The van der Waals surface area contributed by atoms with Crippen LogP contribution < -0.4 is 9.47 Å². The fourth-order valence-electron chi connectivity index (χ4n) is 7.57. The van der Waals surface area contributed by atoms with Crippen molar-refractivity contribution in [2.24, 2.45) is 5.92 Å². The van der Waals surface area contributed by atoms with E-state index in [0.717, 1.165) is 13.8 Å². The molecule has 0 bridgehead atoms. The van der Waals surface area contributed by atoms with E-state index in [1.54, 1.807) is 13.8 Å². The summed E-state index contributed by atoms with van der Waals surface area (Å²) in [6, 6.07) is 11.5. The summed E-state index contributed by atoms with van der Waals surface area (Å²) in [7, 11) is 0. The largest absolute Gasteiger partial charge is 0.463 e. The summed E-state index contributed by atoms with van der Waals surface area (Å²) in [6.07, 6.45) is -25.3. The number of benzene rings is 2. The first-order valence-corrected chi connectivity index (χ1v) is 21.6. The summed E-state index contributed by atoms with van der Waals surface area (Å²) in [5, 5.41) is 102. The van der Waals surface area contributed by atoms with Crippen molar-refractivity contribution in [3.8, 4) is 11.5 Å². The second-order valence-electron chi connectivity index (χ2n) is 16.9. The molecule has 16 atom stereocenters. The Balaban J connectivity index is 1.35. The molecule has 5 rings (SSSR count). The summed E-state index contributed by atoms with van der Waals surface area (Å²) in [6.45, 7) is 2.70. The van der Waals surface area contributed by atoms with E-state index in [1.807, 2.05) is 0 Å². The van der Waals surface area contributed by atoms with Crippen molar-refractivity contribution in [1.82, 2.24) is 0 Å². The Labute approximate surface area is 389 Å². The molecule has 24 nitrogen and oxygen atoms in total. The van der Waals surface area contributed by atoms with Crippen LogP contribution in [0.4, 0.5) is 0 Å². The zero-order chi connectivity index (χ0) is 50.0. The molecule has 10 N–H and O–H groups in total. The molecule has 3 aliphatic rings. The first-order chi connectivity index (χ1) is 32.2. The fraction of sp³-hybridized carbons (Fsp3) is 0.636. The van der Waals surface area contributed by atoms with Gasteiger partial charge in [0.05, 0.1) is 19.6 Å². The highest BCUT2D eigenvalue weighted by molar-refractivity contribution is 5.86. The average molecular weight is 973 g/mol. The summed E-state index contributed by atoms with van der Waals surface area (Å²) in [4.78, 5) is 52.0. The lowest BCUT2D eigenvalue weighted by Gasteiger charge is -2.44. The molecule has 24 heteroatoms. The maximum Gasteiger partial charge on any atom is 0.339 e. The maximum atomic E-state index is 14.5. The SMILES string of the molecule is CC(=O)OC[C@H]1O[C@@H](O[C@@](CC(=O)OCc2ccc(O[C@@H]3O[C@H](CO)[C@@H](O)[C@H](O)[C@H]3O)cc2)(CC(C)C)C(=O)OCc2ccc(O[C@@H]3O[C@H](CO)[C@@H](O)[C@H](O)[C@H]3O)cc2)[C@H](O)[C@@H](OC(C)=O)[C@@H]1O. The number of aliphatic hydroxyl groups excluding tert-OH is 10. The van der Waals surface area contributed by atoms with E-state index in [0.29, 0.717) is 11.1 Å². The van der Waals surface area contributed by atoms with Crippen LogP contribution in [0.25, 0.3) is 0 Å². The van der Waals surface area contributed by atoms with E-state index in [4.69, 9.17) is 47.4 Å². The molecule has 68 heavy (non-hydrogen) atoms. The molecular weight excluding hydrogens is 912 g/mol. The first-order valence-electron chi connectivity index (χ1n) is 21.6. The van der Waals surface area contributed by atoms with E-state index in [2.05, 4.69) is 0 Å². The number of carbonyl (C=O) groups excluding carboxylic acids is 4. The van der Waals surface area contributed by atoms with E-state index in [1.165, 1.54) is 48.5 Å². The van der Waals surface area contributed by atoms with Gasteiger partial charge < -0.3 is 98.4 Å². The molecule has 0 radical (unpaired) electrons. The molecule has 0 unspecified atom stereocenters. The predicted molar refractivity (Wildman–Crippen MR) is 222 cm³/mol. The van der Waals surface area contributed by atoms with Gasteiger partial charge >= 0.3 is 23.9 Å². The number of aliphatic hydroxyl groups is 10. The molecule has 0 saturated carbocycles. The van der Waals surface area contributed by atoms with E-state index < -0.39 is 160 Å². The topological polar surface area (TPSA) is 363 Å². The van der Waals surface area contributed by atoms with Gasteiger partial charge in [-0.1, -0.05) is 38.1 Å². The minimum atomic E-state index is -2.33. The second-order valence-corrected chi connectivity index (χ2v) is 16.9. The van der Waals surface area contributed by atoms with Crippen LogP contribution >= 0.6 is 0 Å². The van der Waals surface area contributed by atoms with Gasteiger partial charge in [0.1, 0.15) is 98.5 Å². The van der Waals surface area contributed by atoms with Gasteiger partial charge in [0.2, 0.25) is 12.6 Å². The van der Waals surface area contributed by atoms with Crippen LogP contribution in [-0.4, -0.2) is 192 Å². The number of esters is 4. The van der Waals surface area contributed by atoms with Crippen molar-refractivity contribution in [1.29, 1.82) is 0 Å². The zero-order valence-corrected chi connectivity index (χ0v) is 37.5. The predicted octanol–water partition coefficient (Wildman–Crippen LogP) is -3.04. The van der Waals surface area contributed by atoms with Gasteiger partial charge in [-0.15, -0.1) is 0 Å². The third-order valence-electron chi connectivity index (χ3n) is 11.1. The fourth-order valence-corrected chi connectivity index (χ4v) is 7.57. The Hall–Kier alpha value is -4.64. The molecule has 3 fully saturated rings. The number of ether oxygens (including phenoxy) is 10. The van der Waals surface area contributed by atoms with Gasteiger partial charge in [-0.25, -0.2) is 4.79 Å². The third-order valence-corrected chi connectivity index (χ3v) is 11.1. The van der Waals surface area contributed by atoms with E-state index in [-0.39, 0.29) is 24.5 Å².